The largest absolute Gasteiger partial charge is 0.480 e. The van der Waals surface area contributed by atoms with E-state index in [4.69, 9.17) is 5.11 Å². The Bertz CT molecular complexity index is 404. The average Bonchev–Trinajstić information content (AvgIpc) is 2.28. The van der Waals surface area contributed by atoms with E-state index in [0.29, 0.717) is 5.82 Å². The fourth-order valence-corrected chi connectivity index (χ4v) is 1.39. The highest BCUT2D eigenvalue weighted by molar-refractivity contribution is 5.72. The summed E-state index contributed by atoms with van der Waals surface area (Å²) in [6.07, 6.45) is 2.45. The molecule has 1 aromatic rings. The van der Waals surface area contributed by atoms with Crippen molar-refractivity contribution >= 4 is 11.8 Å². The van der Waals surface area contributed by atoms with Crippen LogP contribution in [0.4, 0.5) is 5.82 Å². The van der Waals surface area contributed by atoms with Crippen LogP contribution in [-0.4, -0.2) is 34.6 Å². The van der Waals surface area contributed by atoms with Gasteiger partial charge in [0.2, 0.25) is 0 Å². The van der Waals surface area contributed by atoms with Crippen LogP contribution in [0.3, 0.4) is 0 Å². The van der Waals surface area contributed by atoms with Gasteiger partial charge < -0.3 is 10.0 Å². The summed E-state index contributed by atoms with van der Waals surface area (Å²) in [7, 11) is 1.71. The van der Waals surface area contributed by atoms with Crippen LogP contribution in [0.25, 0.3) is 0 Å². The predicted molar refractivity (Wildman–Crippen MR) is 66.3 cm³/mol. The Kier molecular flexibility index (Phi) is 4.04. The standard InChI is InChI=1S/C12H19N3O2/c1-5-12(2,3)9-6-10(14-8-13-9)15(4)7-11(16)17/h6,8H,5,7H2,1-4H3,(H,16,17). The molecule has 1 aromatic heterocycles. The molecule has 0 saturated carbocycles. The van der Waals surface area contributed by atoms with Crippen LogP contribution >= 0.6 is 0 Å². The number of aliphatic carboxylic acids is 1. The van der Waals surface area contributed by atoms with Gasteiger partial charge in [0.25, 0.3) is 0 Å². The van der Waals surface area contributed by atoms with E-state index in [-0.39, 0.29) is 12.0 Å². The van der Waals surface area contributed by atoms with Gasteiger partial charge in [0.05, 0.1) is 5.69 Å². The van der Waals surface area contributed by atoms with E-state index >= 15 is 0 Å². The molecule has 0 fully saturated rings. The van der Waals surface area contributed by atoms with Crippen molar-refractivity contribution in [3.05, 3.63) is 18.1 Å². The van der Waals surface area contributed by atoms with E-state index < -0.39 is 5.97 Å². The average molecular weight is 237 g/mol. The number of hydrogen-bond donors (Lipinski definition) is 1. The highest BCUT2D eigenvalue weighted by atomic mass is 16.4. The van der Waals surface area contributed by atoms with E-state index in [9.17, 15) is 4.79 Å². The number of hydrogen-bond acceptors (Lipinski definition) is 4. The summed E-state index contributed by atoms with van der Waals surface area (Å²) >= 11 is 0. The molecule has 5 heteroatoms. The minimum Gasteiger partial charge on any atom is -0.480 e. The van der Waals surface area contributed by atoms with Gasteiger partial charge in [-0.1, -0.05) is 20.8 Å². The van der Waals surface area contributed by atoms with Crippen molar-refractivity contribution in [2.75, 3.05) is 18.5 Å². The molecule has 0 bridgehead atoms. The monoisotopic (exact) mass is 237 g/mol. The van der Waals surface area contributed by atoms with E-state index in [0.717, 1.165) is 12.1 Å². The molecular weight excluding hydrogens is 218 g/mol. The Balaban J connectivity index is 2.97. The third-order valence-electron chi connectivity index (χ3n) is 2.99. The Morgan fingerprint density at radius 1 is 1.47 bits per heavy atom. The molecule has 0 saturated heterocycles. The van der Waals surface area contributed by atoms with Crippen molar-refractivity contribution in [1.29, 1.82) is 0 Å². The van der Waals surface area contributed by atoms with Crippen molar-refractivity contribution in [3.63, 3.8) is 0 Å². The minimum absolute atomic E-state index is 0.0260. The van der Waals surface area contributed by atoms with Gasteiger partial charge in [-0.05, 0) is 6.42 Å². The zero-order chi connectivity index (χ0) is 13.1. The molecule has 1 heterocycles. The van der Waals surface area contributed by atoms with Crippen molar-refractivity contribution in [2.45, 2.75) is 32.6 Å². The summed E-state index contributed by atoms with van der Waals surface area (Å²) in [5, 5.41) is 8.74. The lowest BCUT2D eigenvalue weighted by molar-refractivity contribution is -0.135. The molecule has 0 aliphatic heterocycles. The summed E-state index contributed by atoms with van der Waals surface area (Å²) in [5.41, 5.74) is 0.907. The summed E-state index contributed by atoms with van der Waals surface area (Å²) in [4.78, 5) is 20.6. The van der Waals surface area contributed by atoms with E-state index in [1.807, 2.05) is 6.07 Å². The van der Waals surface area contributed by atoms with Gasteiger partial charge in [0.15, 0.2) is 0 Å². The number of rotatable bonds is 5. The molecule has 94 valence electrons. The second-order valence-corrected chi connectivity index (χ2v) is 4.75. The fourth-order valence-electron chi connectivity index (χ4n) is 1.39. The Morgan fingerprint density at radius 2 is 2.12 bits per heavy atom. The second kappa shape index (κ2) is 5.12. The summed E-state index contributed by atoms with van der Waals surface area (Å²) in [5.74, 6) is -0.235. The number of carbonyl (C=O) groups is 1. The van der Waals surface area contributed by atoms with Crippen LogP contribution in [0.1, 0.15) is 32.9 Å². The molecule has 0 aromatic carbocycles. The molecule has 0 amide bonds. The number of anilines is 1. The molecule has 1 N–H and O–H groups in total. The maximum absolute atomic E-state index is 10.6. The quantitative estimate of drug-likeness (QED) is 0.844. The van der Waals surface area contributed by atoms with Gasteiger partial charge in [-0.2, -0.15) is 0 Å². The number of likely N-dealkylation sites (N-methyl/N-ethyl adjacent to an activating group) is 1. The molecule has 0 spiro atoms. The van der Waals surface area contributed by atoms with Crippen molar-refractivity contribution in [1.82, 2.24) is 9.97 Å². The third-order valence-corrected chi connectivity index (χ3v) is 2.99. The Morgan fingerprint density at radius 3 is 2.65 bits per heavy atom. The van der Waals surface area contributed by atoms with Crippen LogP contribution in [0.5, 0.6) is 0 Å². The lowest BCUT2D eigenvalue weighted by Gasteiger charge is -2.23. The summed E-state index contributed by atoms with van der Waals surface area (Å²) in [6.45, 7) is 6.25. The minimum atomic E-state index is -0.873. The van der Waals surface area contributed by atoms with Crippen molar-refractivity contribution in [2.24, 2.45) is 0 Å². The number of carboxylic acids is 1. The van der Waals surface area contributed by atoms with Crippen LogP contribution in [-0.2, 0) is 10.2 Å². The lowest BCUT2D eigenvalue weighted by Crippen LogP contribution is -2.27. The number of nitrogens with zero attached hydrogens (tertiary/aromatic N) is 3. The molecule has 1 rings (SSSR count). The van der Waals surface area contributed by atoms with Gasteiger partial charge in [0.1, 0.15) is 18.7 Å². The van der Waals surface area contributed by atoms with Gasteiger partial charge >= 0.3 is 5.97 Å². The first-order valence-corrected chi connectivity index (χ1v) is 5.62. The zero-order valence-electron chi connectivity index (χ0n) is 10.8. The smallest absolute Gasteiger partial charge is 0.323 e. The van der Waals surface area contributed by atoms with Gasteiger partial charge in [0, 0.05) is 18.5 Å². The summed E-state index contributed by atoms with van der Waals surface area (Å²) in [6, 6.07) is 1.85. The van der Waals surface area contributed by atoms with E-state index in [2.05, 4.69) is 30.7 Å². The third kappa shape index (κ3) is 3.41. The van der Waals surface area contributed by atoms with Crippen LogP contribution < -0.4 is 4.90 Å². The molecule has 0 atom stereocenters. The SMILES string of the molecule is CCC(C)(C)c1cc(N(C)CC(=O)O)ncn1. The molecule has 0 aliphatic carbocycles. The first-order valence-electron chi connectivity index (χ1n) is 5.62. The molecule has 5 nitrogen and oxygen atoms in total. The fraction of sp³-hybridized carbons (Fsp3) is 0.583. The van der Waals surface area contributed by atoms with Gasteiger partial charge in [-0.25, -0.2) is 9.97 Å². The predicted octanol–water partition coefficient (Wildman–Crippen LogP) is 1.69. The molecule has 0 unspecified atom stereocenters. The molecule has 0 aliphatic rings. The molecule has 17 heavy (non-hydrogen) atoms. The summed E-state index contributed by atoms with van der Waals surface area (Å²) < 4.78 is 0. The number of carboxylic acid groups (broad SMARTS) is 1. The zero-order valence-corrected chi connectivity index (χ0v) is 10.8. The maximum atomic E-state index is 10.6. The Labute approximate surface area is 102 Å². The van der Waals surface area contributed by atoms with E-state index in [1.165, 1.54) is 6.33 Å². The highest BCUT2D eigenvalue weighted by Crippen LogP contribution is 2.26. The normalized spacial score (nSPS) is 11.3. The second-order valence-electron chi connectivity index (χ2n) is 4.75. The maximum Gasteiger partial charge on any atom is 0.323 e. The Hall–Kier alpha value is -1.65. The lowest BCUT2D eigenvalue weighted by atomic mass is 9.86. The van der Waals surface area contributed by atoms with Crippen LogP contribution in [0.2, 0.25) is 0 Å². The molecule has 0 radical (unpaired) electrons. The van der Waals surface area contributed by atoms with Gasteiger partial charge in [-0.15, -0.1) is 0 Å². The van der Waals surface area contributed by atoms with Crippen LogP contribution in [0.15, 0.2) is 12.4 Å². The highest BCUT2D eigenvalue weighted by Gasteiger charge is 2.21. The topological polar surface area (TPSA) is 66.3 Å². The van der Waals surface area contributed by atoms with Crippen molar-refractivity contribution < 1.29 is 9.90 Å². The van der Waals surface area contributed by atoms with E-state index in [1.54, 1.807) is 11.9 Å². The number of aromatic nitrogens is 2. The molecular formula is C12H19N3O2. The first kappa shape index (κ1) is 13.4. The van der Waals surface area contributed by atoms with Crippen molar-refractivity contribution in [3.8, 4) is 0 Å². The first-order chi connectivity index (χ1) is 7.86. The van der Waals surface area contributed by atoms with Gasteiger partial charge in [-0.3, -0.25) is 4.79 Å². The van der Waals surface area contributed by atoms with Crippen LogP contribution in [0, 0.1) is 0 Å².